The second kappa shape index (κ2) is 13.5. The minimum Gasteiger partial charge on any atom is -0.481 e. The van der Waals surface area contributed by atoms with Gasteiger partial charge in [0.1, 0.15) is 23.4 Å². The molecule has 1 aliphatic heterocycles. The van der Waals surface area contributed by atoms with Gasteiger partial charge in [-0.3, -0.25) is 14.3 Å². The lowest BCUT2D eigenvalue weighted by Crippen LogP contribution is -2.58. The summed E-state index contributed by atoms with van der Waals surface area (Å²) in [7, 11) is 2.61. The van der Waals surface area contributed by atoms with Crippen LogP contribution in [0.2, 0.25) is 0 Å². The summed E-state index contributed by atoms with van der Waals surface area (Å²) in [6.45, 7) is -0.600. The Labute approximate surface area is 295 Å². The first-order valence-corrected chi connectivity index (χ1v) is 15.8. The van der Waals surface area contributed by atoms with Gasteiger partial charge in [0, 0.05) is 37.8 Å². The maximum atomic E-state index is 15.6. The highest BCUT2D eigenvalue weighted by atomic mass is 19.4. The van der Waals surface area contributed by atoms with E-state index in [9.17, 15) is 41.2 Å². The molecule has 0 aliphatic carbocycles. The topological polar surface area (TPSA) is 149 Å². The highest BCUT2D eigenvalue weighted by Gasteiger charge is 2.40. The van der Waals surface area contributed by atoms with Crippen LogP contribution in [0.5, 0.6) is 5.88 Å². The minimum atomic E-state index is -4.78. The van der Waals surface area contributed by atoms with Gasteiger partial charge in [-0.15, -0.1) is 5.10 Å². The number of rotatable bonds is 10. The number of ether oxygens (including phenoxy) is 1. The average Bonchev–Trinajstić information content (AvgIpc) is 3.80. The van der Waals surface area contributed by atoms with Crippen molar-refractivity contribution in [3.05, 3.63) is 76.4 Å². The van der Waals surface area contributed by atoms with Gasteiger partial charge in [0.2, 0.25) is 11.8 Å². The Bertz CT molecular complexity index is 2290. The second-order valence-electron chi connectivity index (χ2n) is 12.9. The van der Waals surface area contributed by atoms with Crippen molar-refractivity contribution in [2.75, 3.05) is 13.7 Å². The van der Waals surface area contributed by atoms with E-state index in [1.165, 1.54) is 37.7 Å². The van der Waals surface area contributed by atoms with E-state index in [4.69, 9.17) is 4.74 Å². The van der Waals surface area contributed by atoms with Crippen LogP contribution in [-0.4, -0.2) is 76.3 Å². The number of benzene rings is 1. The normalized spacial score (nSPS) is 14.1. The average molecular weight is 747 g/mol. The van der Waals surface area contributed by atoms with Gasteiger partial charge >= 0.3 is 12.7 Å². The molecule has 6 rings (SSSR count). The van der Waals surface area contributed by atoms with E-state index < -0.39 is 59.1 Å². The second-order valence-corrected chi connectivity index (χ2v) is 12.9. The van der Waals surface area contributed by atoms with Gasteiger partial charge in [-0.05, 0) is 49.6 Å². The molecule has 278 valence electrons. The van der Waals surface area contributed by atoms with E-state index >= 15 is 4.39 Å². The molecule has 13 nitrogen and oxygen atoms in total. The number of methoxy groups -OCH3 is 1. The number of pyridine rings is 1. The van der Waals surface area contributed by atoms with Gasteiger partial charge in [-0.1, -0.05) is 0 Å². The predicted octanol–water partition coefficient (Wildman–Crippen LogP) is 4.81. The van der Waals surface area contributed by atoms with E-state index in [1.807, 2.05) is 6.07 Å². The molecule has 4 aromatic heterocycles. The zero-order valence-electron chi connectivity index (χ0n) is 28.3. The van der Waals surface area contributed by atoms with E-state index in [2.05, 4.69) is 25.6 Å². The van der Waals surface area contributed by atoms with Crippen molar-refractivity contribution in [3.8, 4) is 23.2 Å². The summed E-state index contributed by atoms with van der Waals surface area (Å²) in [5.41, 5.74) is -2.57. The molecule has 53 heavy (non-hydrogen) atoms. The van der Waals surface area contributed by atoms with Crippen molar-refractivity contribution in [1.29, 1.82) is 5.26 Å². The maximum Gasteiger partial charge on any atom is 0.435 e. The summed E-state index contributed by atoms with van der Waals surface area (Å²) < 4.78 is 105. The lowest BCUT2D eigenvalue weighted by atomic mass is 9.89. The highest BCUT2D eigenvalue weighted by molar-refractivity contribution is 6.02. The van der Waals surface area contributed by atoms with E-state index in [0.717, 1.165) is 35.2 Å². The van der Waals surface area contributed by atoms with Crippen LogP contribution in [0, 0.1) is 23.1 Å². The molecule has 0 radical (unpaired) electrons. The number of aryl methyl sites for hydroxylation is 1. The van der Waals surface area contributed by atoms with Gasteiger partial charge in [-0.25, -0.2) is 18.7 Å². The van der Waals surface area contributed by atoms with Gasteiger partial charge in [0.05, 0.1) is 47.7 Å². The zero-order chi connectivity index (χ0) is 38.6. The molecule has 1 aromatic carbocycles. The zero-order valence-corrected chi connectivity index (χ0v) is 28.3. The van der Waals surface area contributed by atoms with Crippen LogP contribution in [0.4, 0.5) is 30.7 Å². The Balaban J connectivity index is 1.36. The lowest BCUT2D eigenvalue weighted by molar-refractivity contribution is -0.141. The number of carbonyl (C=O) groups is 2. The first-order valence-electron chi connectivity index (χ1n) is 15.8. The fraction of sp³-hybridized carbons (Fsp3) is 0.364. The van der Waals surface area contributed by atoms with Crippen molar-refractivity contribution in [1.82, 2.24) is 44.5 Å². The quantitative estimate of drug-likeness (QED) is 0.201. The maximum absolute atomic E-state index is 15.6. The highest BCUT2D eigenvalue weighted by Crippen LogP contribution is 2.36. The van der Waals surface area contributed by atoms with Gasteiger partial charge in [0.15, 0.2) is 5.69 Å². The van der Waals surface area contributed by atoms with Crippen molar-refractivity contribution >= 4 is 22.8 Å². The smallest absolute Gasteiger partial charge is 0.435 e. The van der Waals surface area contributed by atoms with Crippen LogP contribution in [-0.2, 0) is 37.4 Å². The monoisotopic (exact) mass is 746 g/mol. The third kappa shape index (κ3) is 6.97. The van der Waals surface area contributed by atoms with E-state index in [-0.39, 0.29) is 70.8 Å². The predicted molar refractivity (Wildman–Crippen MR) is 170 cm³/mol. The summed E-state index contributed by atoms with van der Waals surface area (Å²) >= 11 is 0. The summed E-state index contributed by atoms with van der Waals surface area (Å²) in [6, 6.07) is 4.86. The fourth-order valence-corrected chi connectivity index (χ4v) is 6.34. The number of aromatic nitrogens is 7. The largest absolute Gasteiger partial charge is 0.481 e. The number of carbonyl (C=O) groups excluding carboxylic acids is 2. The molecule has 5 aromatic rings. The van der Waals surface area contributed by atoms with Crippen LogP contribution >= 0.6 is 0 Å². The van der Waals surface area contributed by atoms with Crippen LogP contribution in [0.25, 0.3) is 22.3 Å². The van der Waals surface area contributed by atoms with Crippen LogP contribution in [0.1, 0.15) is 53.1 Å². The van der Waals surface area contributed by atoms with E-state index in [1.54, 1.807) is 0 Å². The molecule has 0 spiro atoms. The molecule has 0 bridgehead atoms. The van der Waals surface area contributed by atoms with Crippen molar-refractivity contribution in [2.45, 2.75) is 57.5 Å². The number of nitrogens with zero attached hydrogens (tertiary/aromatic N) is 9. The Kier molecular flexibility index (Phi) is 9.38. The third-order valence-corrected chi connectivity index (χ3v) is 8.71. The van der Waals surface area contributed by atoms with Gasteiger partial charge in [-0.2, -0.15) is 41.8 Å². The minimum absolute atomic E-state index is 0.00381. The number of hydrogen-bond donors (Lipinski definition) is 1. The number of hydrogen-bond acceptors (Lipinski definition) is 8. The van der Waals surface area contributed by atoms with Gasteiger partial charge in [0.25, 0.3) is 11.9 Å². The van der Waals surface area contributed by atoms with Crippen LogP contribution < -0.4 is 10.1 Å². The van der Waals surface area contributed by atoms with Crippen molar-refractivity contribution in [3.63, 3.8) is 0 Å². The van der Waals surface area contributed by atoms with Crippen molar-refractivity contribution in [2.24, 2.45) is 7.05 Å². The molecular formula is C33H29F7N10O3. The summed E-state index contributed by atoms with van der Waals surface area (Å²) in [4.78, 5) is 33.7. The van der Waals surface area contributed by atoms with E-state index in [0.29, 0.717) is 10.7 Å². The third-order valence-electron chi connectivity index (χ3n) is 8.71. The van der Waals surface area contributed by atoms with Crippen molar-refractivity contribution < 1.29 is 45.1 Å². The fourth-order valence-electron chi connectivity index (χ4n) is 6.34. The number of alkyl halides is 5. The molecule has 0 unspecified atom stereocenters. The van der Waals surface area contributed by atoms with Crippen LogP contribution in [0.15, 0.2) is 36.7 Å². The van der Waals surface area contributed by atoms with Crippen LogP contribution in [0.3, 0.4) is 0 Å². The number of nitriles is 1. The molecule has 1 N–H and O–H groups in total. The molecular weight excluding hydrogens is 717 g/mol. The number of halogens is 7. The summed E-state index contributed by atoms with van der Waals surface area (Å²) in [5.74, 6) is -3.93. The summed E-state index contributed by atoms with van der Waals surface area (Å²) in [5, 5.41) is 23.5. The lowest BCUT2D eigenvalue weighted by Gasteiger charge is -2.37. The number of amides is 2. The Hall–Kier alpha value is -6.00. The Morgan fingerprint density at radius 2 is 1.89 bits per heavy atom. The summed E-state index contributed by atoms with van der Waals surface area (Å²) in [6.07, 6.45) is -3.17. The molecule has 1 atom stereocenters. The van der Waals surface area contributed by atoms with Gasteiger partial charge < -0.3 is 15.0 Å². The molecule has 20 heteroatoms. The molecule has 0 saturated heterocycles. The SMILES string of the molecule is COc1cc(C(F)(F)F)nn1CC(C)(C)NC(=O)[C@@H](Cc1cnn(C(F)F)c1)N1CCc2c(-c3nc4c(F)nn(C)c4cc3C#N)ccc(F)c2C1=O. The Morgan fingerprint density at radius 3 is 2.53 bits per heavy atom. The number of fused-ring (bicyclic) bond motifs is 2. The molecule has 5 heterocycles. The molecule has 0 saturated carbocycles. The molecule has 2 amide bonds. The Morgan fingerprint density at radius 1 is 1.15 bits per heavy atom. The molecule has 1 aliphatic rings. The standard InChI is InChI=1S/C33H29F7N10O3/c1-32(2,15-50-24(53-4)11-23(45-50)33(38,39)40)44-29(51)22(9-16-13-42-49(14-16)31(36)37)48-8-7-18-19(5-6-20(34)25(18)30(48)52)26-17(12-41)10-21-27(43-26)28(35)46-47(21)3/h5-6,10-11,13-14,22,31H,7-9,15H2,1-4H3,(H,44,51)/t22-/m1/s1. The molecule has 0 fully saturated rings. The first-order chi connectivity index (χ1) is 24.9. The number of nitrogens with one attached hydrogen (secondary N) is 1. The first kappa shape index (κ1) is 36.8.